The highest BCUT2D eigenvalue weighted by Crippen LogP contribution is 2.65. The molecule has 1 amide bonds. The molecule has 2 aliphatic heterocycles. The zero-order valence-corrected chi connectivity index (χ0v) is 32.1. The van der Waals surface area contributed by atoms with Gasteiger partial charge in [0.1, 0.15) is 6.61 Å². The zero-order chi connectivity index (χ0) is 33.8. The van der Waals surface area contributed by atoms with E-state index in [2.05, 4.69) is 59.4 Å². The second-order valence-corrected chi connectivity index (χ2v) is 22.0. The number of allylic oxidation sites excluding steroid dienone is 3. The molecule has 2 saturated heterocycles. The van der Waals surface area contributed by atoms with Crippen LogP contribution < -0.4 is 0 Å². The molecule has 2 saturated carbocycles. The molecule has 0 bridgehead atoms. The van der Waals surface area contributed by atoms with Crippen LogP contribution in [0.25, 0.3) is 0 Å². The molecular weight excluding hydrogens is 611 g/mol. The molecule has 1 aromatic rings. The van der Waals surface area contributed by atoms with Gasteiger partial charge >= 0.3 is 6.09 Å². The molecule has 264 valence electrons. The van der Waals surface area contributed by atoms with Gasteiger partial charge in [-0.15, -0.1) is 0 Å². The molecule has 0 radical (unpaired) electrons. The van der Waals surface area contributed by atoms with E-state index in [0.717, 1.165) is 49.6 Å². The van der Waals surface area contributed by atoms with Crippen molar-refractivity contribution in [3.63, 3.8) is 0 Å². The Morgan fingerprint density at radius 2 is 1.79 bits per heavy atom. The highest BCUT2D eigenvalue weighted by atomic mass is 28.4. The fraction of sp³-hybridized carbons (Fsp3) is 0.738. The summed E-state index contributed by atoms with van der Waals surface area (Å²) in [7, 11) is -1.63. The van der Waals surface area contributed by atoms with Crippen molar-refractivity contribution in [2.75, 3.05) is 6.54 Å². The number of hydrogen-bond acceptors (Lipinski definition) is 4. The van der Waals surface area contributed by atoms with Crippen molar-refractivity contribution >= 4 is 14.4 Å². The molecule has 6 aliphatic rings. The maximum Gasteiger partial charge on any atom is 0.410 e. The summed E-state index contributed by atoms with van der Waals surface area (Å²) >= 11 is 0. The fourth-order valence-electron chi connectivity index (χ4n) is 12.0. The number of benzene rings is 1. The van der Waals surface area contributed by atoms with Gasteiger partial charge in [0.15, 0.2) is 0 Å². The summed E-state index contributed by atoms with van der Waals surface area (Å²) in [6, 6.07) is 13.8. The molecule has 0 N–H and O–H groups in total. The third kappa shape index (κ3) is 5.83. The third-order valence-corrected chi connectivity index (χ3v) is 19.6. The Kier molecular flexibility index (Phi) is 9.49. The first-order chi connectivity index (χ1) is 23.0. The first-order valence-electron chi connectivity index (χ1n) is 19.8. The smallest absolute Gasteiger partial charge is 0.410 e. The van der Waals surface area contributed by atoms with Crippen LogP contribution in [0, 0.1) is 40.9 Å². The average molecular weight is 674 g/mol. The highest BCUT2D eigenvalue weighted by Gasteiger charge is 2.60. The zero-order valence-electron chi connectivity index (χ0n) is 31.1. The van der Waals surface area contributed by atoms with Crippen molar-refractivity contribution in [2.45, 2.75) is 149 Å². The number of carbonyl (C=O) groups excluding carboxylic acids is 1. The van der Waals surface area contributed by atoms with E-state index in [1.54, 1.807) is 11.1 Å². The Hall–Kier alpha value is -2.05. The van der Waals surface area contributed by atoms with Gasteiger partial charge in [0.05, 0.1) is 23.5 Å². The van der Waals surface area contributed by atoms with Crippen molar-refractivity contribution in [3.8, 4) is 0 Å². The molecule has 6 heteroatoms. The molecule has 1 unspecified atom stereocenters. The molecule has 1 aromatic carbocycles. The molecule has 4 aliphatic carbocycles. The monoisotopic (exact) mass is 673 g/mol. The number of hydrogen-bond donors (Lipinski definition) is 0. The molecule has 5 nitrogen and oxygen atoms in total. The largest absolute Gasteiger partial charge is 0.547 e. The lowest BCUT2D eigenvalue weighted by molar-refractivity contribution is -0.0792. The van der Waals surface area contributed by atoms with E-state index in [1.807, 2.05) is 30.3 Å². The molecule has 4 fully saturated rings. The number of fused-ring (bicyclic) bond motifs is 6. The van der Waals surface area contributed by atoms with E-state index < -0.39 is 8.32 Å². The lowest BCUT2D eigenvalue weighted by atomic mass is 9.54. The predicted octanol–water partition coefficient (Wildman–Crippen LogP) is 10.7. The Labute approximate surface area is 292 Å². The molecule has 1 spiro atoms. The van der Waals surface area contributed by atoms with Crippen LogP contribution in [0.4, 0.5) is 4.79 Å². The minimum atomic E-state index is -1.63. The van der Waals surface area contributed by atoms with Crippen molar-refractivity contribution in [1.82, 2.24) is 4.90 Å². The summed E-state index contributed by atoms with van der Waals surface area (Å²) in [5.74, 6) is 4.95. The minimum absolute atomic E-state index is 0.0858. The number of nitrogens with zero attached hydrogens (tertiary/aromatic N) is 1. The van der Waals surface area contributed by atoms with Crippen molar-refractivity contribution in [2.24, 2.45) is 40.9 Å². The average Bonchev–Trinajstić information content (AvgIpc) is 3.56. The standard InChI is InChI=1S/C42H63NO4Si/c1-8-48(9-2,10-3)47-33-18-20-41(7)32(23-33)16-17-35-34-19-21-42(25-29(5)36(34)24-37(35)41)30(6)39-38(46-42)22-28(4)26-43(39)40(44)45-27-31-14-12-11-13-15-31/h11-15,23,28,30,32,34-35,37-39H,8-10,16-22,24-27H2,1-7H3/t28-,30+,32+,34-,35-,37-,38+,39-,41-,42?/m0/s1. The summed E-state index contributed by atoms with van der Waals surface area (Å²) in [5, 5.41) is 0. The SMILES string of the molecule is CC[Si](CC)(CC)OC1=C[C@H]2CC[C@H]3[C@@H]4CCC5(CC(C)=C4C[C@@H]3[C@@]2(C)CC1)O[C@@H]1C[C@H](C)CN(C(=O)OCc2ccccc2)[C@H]1[C@H]5C. The van der Waals surface area contributed by atoms with Crippen LogP contribution >= 0.6 is 0 Å². The minimum Gasteiger partial charge on any atom is -0.547 e. The van der Waals surface area contributed by atoms with E-state index in [4.69, 9.17) is 13.9 Å². The molecule has 10 atom stereocenters. The van der Waals surface area contributed by atoms with E-state index in [1.165, 1.54) is 56.0 Å². The normalized spacial score (nSPS) is 39.2. The van der Waals surface area contributed by atoms with Crippen LogP contribution in [0.3, 0.4) is 0 Å². The van der Waals surface area contributed by atoms with Crippen LogP contribution in [0.15, 0.2) is 53.3 Å². The van der Waals surface area contributed by atoms with Gasteiger partial charge in [0.2, 0.25) is 8.32 Å². The molecule has 48 heavy (non-hydrogen) atoms. The van der Waals surface area contributed by atoms with E-state index in [0.29, 0.717) is 29.8 Å². The second-order valence-electron chi connectivity index (χ2n) is 17.3. The lowest BCUT2D eigenvalue weighted by Crippen LogP contribution is -2.54. The number of likely N-dealkylation sites (tertiary alicyclic amines) is 1. The Bertz CT molecular complexity index is 1390. The lowest BCUT2D eigenvalue weighted by Gasteiger charge is -2.52. The summed E-state index contributed by atoms with van der Waals surface area (Å²) in [4.78, 5) is 15.7. The van der Waals surface area contributed by atoms with Crippen molar-refractivity contribution in [3.05, 3.63) is 58.9 Å². The highest BCUT2D eigenvalue weighted by molar-refractivity contribution is 6.73. The third-order valence-electron chi connectivity index (χ3n) is 15.0. The van der Waals surface area contributed by atoms with Crippen LogP contribution in [-0.2, 0) is 20.5 Å². The molecule has 0 aromatic heterocycles. The topological polar surface area (TPSA) is 48.0 Å². The van der Waals surface area contributed by atoms with Gasteiger partial charge in [0.25, 0.3) is 0 Å². The number of ether oxygens (including phenoxy) is 2. The summed E-state index contributed by atoms with van der Waals surface area (Å²) in [6.45, 7) is 17.9. The summed E-state index contributed by atoms with van der Waals surface area (Å²) in [5.41, 5.74) is 4.60. The molecular formula is C42H63NO4Si. The van der Waals surface area contributed by atoms with Crippen LogP contribution in [0.1, 0.15) is 112 Å². The van der Waals surface area contributed by atoms with Crippen molar-refractivity contribution < 1.29 is 18.7 Å². The number of amides is 1. The van der Waals surface area contributed by atoms with E-state index >= 15 is 0 Å². The first kappa shape index (κ1) is 34.4. The van der Waals surface area contributed by atoms with Crippen molar-refractivity contribution in [1.29, 1.82) is 0 Å². The van der Waals surface area contributed by atoms with Gasteiger partial charge in [-0.1, -0.05) is 83.0 Å². The first-order valence-corrected chi connectivity index (χ1v) is 22.3. The van der Waals surface area contributed by atoms with Gasteiger partial charge in [-0.2, -0.15) is 0 Å². The summed E-state index contributed by atoms with van der Waals surface area (Å²) in [6.07, 6.45) is 13.3. The fourth-order valence-corrected chi connectivity index (χ4v) is 14.6. The Morgan fingerprint density at radius 3 is 2.52 bits per heavy atom. The Balaban J connectivity index is 1.08. The van der Waals surface area contributed by atoms with Gasteiger partial charge < -0.3 is 18.8 Å². The second kappa shape index (κ2) is 13.2. The number of piperidine rings is 1. The van der Waals surface area contributed by atoms with Crippen LogP contribution in [-0.4, -0.2) is 43.6 Å². The summed E-state index contributed by atoms with van der Waals surface area (Å²) < 4.78 is 20.2. The molecule has 7 rings (SSSR count). The predicted molar refractivity (Wildman–Crippen MR) is 196 cm³/mol. The van der Waals surface area contributed by atoms with Gasteiger partial charge in [-0.25, -0.2) is 4.79 Å². The molecule has 2 heterocycles. The van der Waals surface area contributed by atoms with Gasteiger partial charge in [-0.05, 0) is 123 Å². The van der Waals surface area contributed by atoms with Crippen LogP contribution in [0.5, 0.6) is 0 Å². The quantitative estimate of drug-likeness (QED) is 0.213. The van der Waals surface area contributed by atoms with Crippen LogP contribution in [0.2, 0.25) is 18.1 Å². The maximum atomic E-state index is 13.6. The van der Waals surface area contributed by atoms with E-state index in [9.17, 15) is 4.79 Å². The Morgan fingerprint density at radius 1 is 1.04 bits per heavy atom. The number of rotatable bonds is 7. The van der Waals surface area contributed by atoms with Gasteiger partial charge in [-0.3, -0.25) is 0 Å². The number of carbonyl (C=O) groups is 1. The van der Waals surface area contributed by atoms with E-state index in [-0.39, 0.29) is 29.8 Å². The van der Waals surface area contributed by atoms with Gasteiger partial charge in [0, 0.05) is 18.9 Å². The maximum absolute atomic E-state index is 13.6.